The first-order valence-corrected chi connectivity index (χ1v) is 5.54. The first kappa shape index (κ1) is 11.5. The molecule has 2 nitrogen and oxygen atoms in total. The highest BCUT2D eigenvalue weighted by molar-refractivity contribution is 6.33. The Morgan fingerprint density at radius 1 is 0.938 bits per heavy atom. The molecular weight excluding hydrogens is 268 g/mol. The van der Waals surface area contributed by atoms with E-state index in [2.05, 4.69) is 4.98 Å². The van der Waals surface area contributed by atoms with Crippen LogP contribution in [0, 0.1) is 0 Å². The SMILES string of the molecule is Clc1cc(Oc2ccccc2Cl)cc(Cl)n1. The predicted molar refractivity (Wildman–Crippen MR) is 65.8 cm³/mol. The molecular formula is C11H6Cl3NO. The van der Waals surface area contributed by atoms with Gasteiger partial charge < -0.3 is 4.74 Å². The van der Waals surface area contributed by atoms with Gasteiger partial charge in [-0.25, -0.2) is 4.98 Å². The topological polar surface area (TPSA) is 22.1 Å². The summed E-state index contributed by atoms with van der Waals surface area (Å²) in [5.41, 5.74) is 0. The average Bonchev–Trinajstić information content (AvgIpc) is 2.20. The van der Waals surface area contributed by atoms with Crippen LogP contribution < -0.4 is 4.74 Å². The Balaban J connectivity index is 2.30. The summed E-state index contributed by atoms with van der Waals surface area (Å²) in [5, 5.41) is 1.07. The van der Waals surface area contributed by atoms with Crippen LogP contribution in [0.3, 0.4) is 0 Å². The van der Waals surface area contributed by atoms with Gasteiger partial charge in [-0.3, -0.25) is 0 Å². The number of benzene rings is 1. The second-order valence-corrected chi connectivity index (χ2v) is 4.16. The van der Waals surface area contributed by atoms with E-state index in [-0.39, 0.29) is 10.3 Å². The standard InChI is InChI=1S/C11H6Cl3NO/c12-8-3-1-2-4-9(8)16-7-5-10(13)15-11(14)6-7/h1-6H. The van der Waals surface area contributed by atoms with Crippen LogP contribution in [0.4, 0.5) is 0 Å². The molecule has 0 fully saturated rings. The van der Waals surface area contributed by atoms with Gasteiger partial charge in [0.1, 0.15) is 21.8 Å². The molecule has 1 aromatic carbocycles. The Labute approximate surface area is 108 Å². The van der Waals surface area contributed by atoms with Crippen molar-refractivity contribution in [1.29, 1.82) is 0 Å². The number of hydrogen-bond donors (Lipinski definition) is 0. The predicted octanol–water partition coefficient (Wildman–Crippen LogP) is 4.83. The number of ether oxygens (including phenoxy) is 1. The summed E-state index contributed by atoms with van der Waals surface area (Å²) in [6.07, 6.45) is 0. The fourth-order valence-corrected chi connectivity index (χ4v) is 1.77. The van der Waals surface area contributed by atoms with Crippen LogP contribution >= 0.6 is 34.8 Å². The Hall–Kier alpha value is -0.960. The molecule has 0 amide bonds. The van der Waals surface area contributed by atoms with Crippen molar-refractivity contribution in [3.8, 4) is 11.5 Å². The highest BCUT2D eigenvalue weighted by atomic mass is 35.5. The Kier molecular flexibility index (Phi) is 3.54. The van der Waals surface area contributed by atoms with Crippen molar-refractivity contribution in [3.63, 3.8) is 0 Å². The third-order valence-electron chi connectivity index (χ3n) is 1.80. The van der Waals surface area contributed by atoms with Crippen molar-refractivity contribution >= 4 is 34.8 Å². The molecule has 5 heteroatoms. The van der Waals surface area contributed by atoms with Crippen LogP contribution in [0.25, 0.3) is 0 Å². The van der Waals surface area contributed by atoms with Crippen LogP contribution in [0.1, 0.15) is 0 Å². The van der Waals surface area contributed by atoms with Gasteiger partial charge in [0.25, 0.3) is 0 Å². The van der Waals surface area contributed by atoms with Gasteiger partial charge in [0, 0.05) is 12.1 Å². The Bertz CT molecular complexity index is 496. The van der Waals surface area contributed by atoms with Crippen molar-refractivity contribution in [2.75, 3.05) is 0 Å². The van der Waals surface area contributed by atoms with Crippen LogP contribution in [0.15, 0.2) is 36.4 Å². The molecule has 0 saturated carbocycles. The van der Waals surface area contributed by atoms with Crippen molar-refractivity contribution in [1.82, 2.24) is 4.98 Å². The van der Waals surface area contributed by atoms with Crippen LogP contribution in [0.2, 0.25) is 15.3 Å². The summed E-state index contributed by atoms with van der Waals surface area (Å²) in [5.74, 6) is 1.04. The summed E-state index contributed by atoms with van der Waals surface area (Å²) in [7, 11) is 0. The second kappa shape index (κ2) is 4.91. The number of nitrogens with zero attached hydrogens (tertiary/aromatic N) is 1. The van der Waals surface area contributed by atoms with Crippen molar-refractivity contribution in [2.24, 2.45) is 0 Å². The maximum absolute atomic E-state index is 5.95. The summed E-state index contributed by atoms with van der Waals surface area (Å²) in [6.45, 7) is 0. The highest BCUT2D eigenvalue weighted by Gasteiger charge is 2.04. The van der Waals surface area contributed by atoms with E-state index in [1.165, 1.54) is 0 Å². The Morgan fingerprint density at radius 2 is 1.56 bits per heavy atom. The van der Waals surface area contributed by atoms with E-state index in [1.54, 1.807) is 24.3 Å². The minimum atomic E-state index is 0.273. The molecule has 0 aliphatic carbocycles. The molecule has 0 atom stereocenters. The average molecular weight is 275 g/mol. The van der Waals surface area contributed by atoms with Crippen LogP contribution in [-0.2, 0) is 0 Å². The normalized spacial score (nSPS) is 10.2. The molecule has 0 radical (unpaired) electrons. The first-order valence-electron chi connectivity index (χ1n) is 4.40. The third kappa shape index (κ3) is 2.79. The van der Waals surface area contributed by atoms with Gasteiger partial charge >= 0.3 is 0 Å². The number of pyridine rings is 1. The molecule has 2 rings (SSSR count). The molecule has 0 unspecified atom stereocenters. The monoisotopic (exact) mass is 273 g/mol. The molecule has 1 heterocycles. The number of para-hydroxylation sites is 1. The van der Waals surface area contributed by atoms with Crippen LogP contribution in [0.5, 0.6) is 11.5 Å². The van der Waals surface area contributed by atoms with Gasteiger partial charge in [-0.2, -0.15) is 0 Å². The van der Waals surface area contributed by atoms with Gasteiger partial charge in [0.15, 0.2) is 0 Å². The highest BCUT2D eigenvalue weighted by Crippen LogP contribution is 2.30. The van der Waals surface area contributed by atoms with Crippen LogP contribution in [-0.4, -0.2) is 4.98 Å². The molecule has 1 aromatic heterocycles. The molecule has 0 aliphatic heterocycles. The fourth-order valence-electron chi connectivity index (χ4n) is 1.16. The van der Waals surface area contributed by atoms with Crippen molar-refractivity contribution in [3.05, 3.63) is 51.7 Å². The van der Waals surface area contributed by atoms with Gasteiger partial charge in [0.2, 0.25) is 0 Å². The summed E-state index contributed by atoms with van der Waals surface area (Å²) in [4.78, 5) is 3.82. The Morgan fingerprint density at radius 3 is 2.19 bits per heavy atom. The summed E-state index contributed by atoms with van der Waals surface area (Å²) < 4.78 is 5.53. The number of aromatic nitrogens is 1. The van der Waals surface area contributed by atoms with Gasteiger partial charge in [-0.05, 0) is 12.1 Å². The summed E-state index contributed by atoms with van der Waals surface area (Å²) in [6, 6.07) is 10.3. The second-order valence-electron chi connectivity index (χ2n) is 2.98. The lowest BCUT2D eigenvalue weighted by molar-refractivity contribution is 0.482. The zero-order chi connectivity index (χ0) is 11.5. The largest absolute Gasteiger partial charge is 0.456 e. The molecule has 0 N–H and O–H groups in total. The number of hydrogen-bond acceptors (Lipinski definition) is 2. The maximum Gasteiger partial charge on any atom is 0.146 e. The van der Waals surface area contributed by atoms with E-state index in [9.17, 15) is 0 Å². The zero-order valence-electron chi connectivity index (χ0n) is 7.95. The maximum atomic E-state index is 5.95. The smallest absolute Gasteiger partial charge is 0.146 e. The lowest BCUT2D eigenvalue weighted by Crippen LogP contribution is -1.86. The van der Waals surface area contributed by atoms with Gasteiger partial charge in [0.05, 0.1) is 5.02 Å². The molecule has 2 aromatic rings. The minimum Gasteiger partial charge on any atom is -0.456 e. The zero-order valence-corrected chi connectivity index (χ0v) is 10.2. The lowest BCUT2D eigenvalue weighted by atomic mass is 10.3. The van der Waals surface area contributed by atoms with E-state index < -0.39 is 0 Å². The van der Waals surface area contributed by atoms with Gasteiger partial charge in [-0.15, -0.1) is 0 Å². The molecule has 0 aliphatic rings. The summed E-state index contributed by atoms with van der Waals surface area (Å²) >= 11 is 17.4. The first-order chi connectivity index (χ1) is 7.65. The van der Waals surface area contributed by atoms with E-state index in [1.807, 2.05) is 12.1 Å². The quantitative estimate of drug-likeness (QED) is 0.731. The molecule has 0 saturated heterocycles. The van der Waals surface area contributed by atoms with E-state index in [4.69, 9.17) is 39.5 Å². The van der Waals surface area contributed by atoms with Crippen molar-refractivity contribution in [2.45, 2.75) is 0 Å². The third-order valence-corrected chi connectivity index (χ3v) is 2.50. The number of rotatable bonds is 2. The molecule has 16 heavy (non-hydrogen) atoms. The van der Waals surface area contributed by atoms with Crippen molar-refractivity contribution < 1.29 is 4.74 Å². The molecule has 82 valence electrons. The van der Waals surface area contributed by atoms with E-state index in [0.717, 1.165) is 0 Å². The lowest BCUT2D eigenvalue weighted by Gasteiger charge is -2.07. The van der Waals surface area contributed by atoms with Gasteiger partial charge in [-0.1, -0.05) is 46.9 Å². The number of halogens is 3. The van der Waals surface area contributed by atoms with E-state index in [0.29, 0.717) is 16.5 Å². The minimum absolute atomic E-state index is 0.273. The molecule has 0 bridgehead atoms. The van der Waals surface area contributed by atoms with E-state index >= 15 is 0 Å². The fraction of sp³-hybridized carbons (Fsp3) is 0. The molecule has 0 spiro atoms.